The van der Waals surface area contributed by atoms with Crippen molar-refractivity contribution in [2.24, 2.45) is 23.7 Å². The molecule has 2 amide bonds. The molecule has 2 rings (SSSR count). The van der Waals surface area contributed by atoms with E-state index in [1.165, 1.54) is 5.56 Å². The van der Waals surface area contributed by atoms with Gasteiger partial charge in [0.1, 0.15) is 6.04 Å². The van der Waals surface area contributed by atoms with E-state index in [2.05, 4.69) is 38.3 Å². The number of carbonyl (C=O) groups is 2. The lowest BCUT2D eigenvalue weighted by Crippen LogP contribution is -2.49. The average molecular weight is 387 g/mol. The molecule has 1 aromatic carbocycles. The fourth-order valence-electron chi connectivity index (χ4n) is 4.03. The maximum absolute atomic E-state index is 12.8. The van der Waals surface area contributed by atoms with Crippen LogP contribution in [-0.4, -0.2) is 17.9 Å². The van der Waals surface area contributed by atoms with E-state index < -0.39 is 6.04 Å². The summed E-state index contributed by atoms with van der Waals surface area (Å²) in [7, 11) is 0. The maximum Gasteiger partial charge on any atom is 0.247 e. The zero-order valence-electron chi connectivity index (χ0n) is 18.4. The van der Waals surface area contributed by atoms with Crippen molar-refractivity contribution in [3.63, 3.8) is 0 Å². The monoisotopic (exact) mass is 386 g/mol. The zero-order valence-corrected chi connectivity index (χ0v) is 18.4. The molecular weight excluding hydrogens is 348 g/mol. The Morgan fingerprint density at radius 3 is 1.93 bits per heavy atom. The van der Waals surface area contributed by atoms with Crippen molar-refractivity contribution in [2.75, 3.05) is 5.32 Å². The highest BCUT2D eigenvalue weighted by atomic mass is 16.2. The second kappa shape index (κ2) is 10.1. The average Bonchev–Trinajstić information content (AvgIpc) is 2.66. The standard InChI is InChI=1S/C24H38N2O2/c1-15(2)18-7-9-20(10-8-18)23(27)26-22(17(5)6)24(28)25-21-13-11-19(12-14-21)16(3)4/h11-18,20,22H,7-10H2,1-6H3,(H,25,28)(H,26,27). The van der Waals surface area contributed by atoms with Crippen LogP contribution in [0.25, 0.3) is 0 Å². The second-order valence-electron chi connectivity index (χ2n) is 9.35. The Labute approximate surface area is 170 Å². The van der Waals surface area contributed by atoms with Crippen LogP contribution < -0.4 is 10.6 Å². The minimum atomic E-state index is -0.514. The fourth-order valence-corrected chi connectivity index (χ4v) is 4.03. The third kappa shape index (κ3) is 6.08. The van der Waals surface area contributed by atoms with Gasteiger partial charge in [0.05, 0.1) is 0 Å². The normalized spacial score (nSPS) is 21.0. The predicted molar refractivity (Wildman–Crippen MR) is 116 cm³/mol. The molecule has 1 fully saturated rings. The van der Waals surface area contributed by atoms with E-state index in [0.29, 0.717) is 11.8 Å². The number of nitrogens with one attached hydrogen (secondary N) is 2. The van der Waals surface area contributed by atoms with E-state index in [-0.39, 0.29) is 23.7 Å². The van der Waals surface area contributed by atoms with Crippen LogP contribution in [0.15, 0.2) is 24.3 Å². The van der Waals surface area contributed by atoms with Crippen LogP contribution in [0.2, 0.25) is 0 Å². The van der Waals surface area contributed by atoms with Crippen molar-refractivity contribution in [1.82, 2.24) is 5.32 Å². The van der Waals surface area contributed by atoms with Gasteiger partial charge in [0, 0.05) is 11.6 Å². The topological polar surface area (TPSA) is 58.2 Å². The fraction of sp³-hybridized carbons (Fsp3) is 0.667. The maximum atomic E-state index is 12.8. The lowest BCUT2D eigenvalue weighted by molar-refractivity contribution is -0.131. The van der Waals surface area contributed by atoms with Gasteiger partial charge in [0.25, 0.3) is 0 Å². The van der Waals surface area contributed by atoms with Gasteiger partial charge in [0.2, 0.25) is 11.8 Å². The van der Waals surface area contributed by atoms with Gasteiger partial charge < -0.3 is 10.6 Å². The molecule has 2 N–H and O–H groups in total. The lowest BCUT2D eigenvalue weighted by Gasteiger charge is -2.31. The third-order valence-corrected chi connectivity index (χ3v) is 6.18. The van der Waals surface area contributed by atoms with Gasteiger partial charge >= 0.3 is 0 Å². The molecular formula is C24H38N2O2. The smallest absolute Gasteiger partial charge is 0.247 e. The number of rotatable bonds is 7. The van der Waals surface area contributed by atoms with E-state index in [1.807, 2.05) is 38.1 Å². The molecule has 156 valence electrons. The summed E-state index contributed by atoms with van der Waals surface area (Å²) in [6.07, 6.45) is 4.07. The molecule has 0 saturated heterocycles. The first-order chi connectivity index (χ1) is 13.2. The molecule has 0 aliphatic heterocycles. The highest BCUT2D eigenvalue weighted by Gasteiger charge is 2.31. The lowest BCUT2D eigenvalue weighted by atomic mass is 9.76. The quantitative estimate of drug-likeness (QED) is 0.663. The largest absolute Gasteiger partial charge is 0.344 e. The van der Waals surface area contributed by atoms with E-state index in [4.69, 9.17) is 0 Å². The van der Waals surface area contributed by atoms with Gasteiger partial charge in [0.15, 0.2) is 0 Å². The number of anilines is 1. The molecule has 1 unspecified atom stereocenters. The highest BCUT2D eigenvalue weighted by Crippen LogP contribution is 2.33. The van der Waals surface area contributed by atoms with Crippen LogP contribution in [0, 0.1) is 23.7 Å². The van der Waals surface area contributed by atoms with Crippen LogP contribution in [0.1, 0.15) is 78.7 Å². The van der Waals surface area contributed by atoms with Gasteiger partial charge in [-0.1, -0.05) is 53.7 Å². The Balaban J connectivity index is 1.94. The zero-order chi connectivity index (χ0) is 20.8. The van der Waals surface area contributed by atoms with E-state index in [9.17, 15) is 9.59 Å². The van der Waals surface area contributed by atoms with Crippen molar-refractivity contribution in [3.8, 4) is 0 Å². The van der Waals surface area contributed by atoms with Crippen LogP contribution in [0.3, 0.4) is 0 Å². The third-order valence-electron chi connectivity index (χ3n) is 6.18. The van der Waals surface area contributed by atoms with Gasteiger partial charge in [-0.3, -0.25) is 9.59 Å². The SMILES string of the molecule is CC(C)c1ccc(NC(=O)C(NC(=O)C2CCC(C(C)C)CC2)C(C)C)cc1. The summed E-state index contributed by atoms with van der Waals surface area (Å²) in [6, 6.07) is 7.42. The summed E-state index contributed by atoms with van der Waals surface area (Å²) in [5.74, 6) is 1.82. The second-order valence-corrected chi connectivity index (χ2v) is 9.35. The summed E-state index contributed by atoms with van der Waals surface area (Å²) in [5, 5.41) is 6.00. The molecule has 1 atom stereocenters. The molecule has 0 aromatic heterocycles. The molecule has 1 aliphatic rings. The number of benzene rings is 1. The summed E-state index contributed by atoms with van der Waals surface area (Å²) < 4.78 is 0. The summed E-state index contributed by atoms with van der Waals surface area (Å²) in [5.41, 5.74) is 2.01. The van der Waals surface area contributed by atoms with Crippen molar-refractivity contribution in [3.05, 3.63) is 29.8 Å². The van der Waals surface area contributed by atoms with E-state index in [0.717, 1.165) is 37.3 Å². The van der Waals surface area contributed by atoms with E-state index >= 15 is 0 Å². The molecule has 28 heavy (non-hydrogen) atoms. The minimum absolute atomic E-state index is 0.0332. The van der Waals surface area contributed by atoms with Crippen molar-refractivity contribution < 1.29 is 9.59 Å². The number of amides is 2. The van der Waals surface area contributed by atoms with E-state index in [1.54, 1.807) is 0 Å². The first kappa shape index (κ1) is 22.4. The van der Waals surface area contributed by atoms with Crippen molar-refractivity contribution >= 4 is 17.5 Å². The highest BCUT2D eigenvalue weighted by molar-refractivity contribution is 5.97. The number of hydrogen-bond donors (Lipinski definition) is 2. The Morgan fingerprint density at radius 1 is 0.893 bits per heavy atom. The molecule has 4 nitrogen and oxygen atoms in total. The summed E-state index contributed by atoms with van der Waals surface area (Å²) in [6.45, 7) is 12.8. The molecule has 0 heterocycles. The van der Waals surface area contributed by atoms with Crippen LogP contribution in [0.4, 0.5) is 5.69 Å². The van der Waals surface area contributed by atoms with Gasteiger partial charge in [-0.2, -0.15) is 0 Å². The Kier molecular flexibility index (Phi) is 8.09. The first-order valence-electron chi connectivity index (χ1n) is 10.9. The Hall–Kier alpha value is -1.84. The number of hydrogen-bond acceptors (Lipinski definition) is 2. The first-order valence-corrected chi connectivity index (χ1v) is 10.9. The molecule has 0 spiro atoms. The Morgan fingerprint density at radius 2 is 1.46 bits per heavy atom. The van der Waals surface area contributed by atoms with Crippen LogP contribution in [0.5, 0.6) is 0 Å². The van der Waals surface area contributed by atoms with Gasteiger partial charge in [-0.25, -0.2) is 0 Å². The molecule has 0 radical (unpaired) electrons. The summed E-state index contributed by atoms with van der Waals surface area (Å²) in [4.78, 5) is 25.6. The van der Waals surface area contributed by atoms with Crippen LogP contribution in [-0.2, 0) is 9.59 Å². The Bertz CT molecular complexity index is 641. The van der Waals surface area contributed by atoms with Gasteiger partial charge in [-0.15, -0.1) is 0 Å². The van der Waals surface area contributed by atoms with Gasteiger partial charge in [-0.05, 0) is 67.1 Å². The minimum Gasteiger partial charge on any atom is -0.344 e. The predicted octanol–water partition coefficient (Wildman–Crippen LogP) is 5.35. The van der Waals surface area contributed by atoms with Crippen LogP contribution >= 0.6 is 0 Å². The molecule has 1 saturated carbocycles. The molecule has 1 aromatic rings. The number of carbonyl (C=O) groups excluding carboxylic acids is 2. The van der Waals surface area contributed by atoms with Crippen molar-refractivity contribution in [2.45, 2.75) is 79.2 Å². The molecule has 4 heteroatoms. The summed E-state index contributed by atoms with van der Waals surface area (Å²) >= 11 is 0. The van der Waals surface area contributed by atoms with Crippen molar-refractivity contribution in [1.29, 1.82) is 0 Å². The molecule has 1 aliphatic carbocycles. The molecule has 0 bridgehead atoms.